The number of benzene rings is 2. The summed E-state index contributed by atoms with van der Waals surface area (Å²) in [6.07, 6.45) is 2.28. The van der Waals surface area contributed by atoms with Crippen molar-refractivity contribution in [2.45, 2.75) is 45.3 Å². The molecule has 0 aliphatic carbocycles. The van der Waals surface area contributed by atoms with Crippen LogP contribution in [0.15, 0.2) is 66.7 Å². The minimum atomic E-state index is -0.564. The van der Waals surface area contributed by atoms with Crippen molar-refractivity contribution in [3.8, 4) is 11.5 Å². The van der Waals surface area contributed by atoms with Crippen LogP contribution in [-0.2, 0) is 9.53 Å². The highest BCUT2D eigenvalue weighted by Crippen LogP contribution is 2.48. The zero-order valence-electron chi connectivity index (χ0n) is 21.6. The quantitative estimate of drug-likeness (QED) is 0.486. The lowest BCUT2D eigenvalue weighted by molar-refractivity contribution is 0.0206. The number of piperidine rings is 1. The smallest absolute Gasteiger partial charge is 0.410 e. The van der Waals surface area contributed by atoms with Gasteiger partial charge in [-0.2, -0.15) is 0 Å². The normalized spacial score (nSPS) is 15.8. The third-order valence-corrected chi connectivity index (χ3v) is 6.37. The highest BCUT2D eigenvalue weighted by molar-refractivity contribution is 5.96. The first kappa shape index (κ1) is 25.1. The van der Waals surface area contributed by atoms with Crippen LogP contribution in [0, 0.1) is 0 Å². The van der Waals surface area contributed by atoms with Crippen molar-refractivity contribution >= 4 is 35.0 Å². The van der Waals surface area contributed by atoms with Crippen LogP contribution in [0.3, 0.4) is 0 Å². The van der Waals surface area contributed by atoms with E-state index < -0.39 is 5.60 Å². The molecule has 5 rings (SSSR count). The van der Waals surface area contributed by atoms with Gasteiger partial charge in [-0.1, -0.05) is 18.2 Å². The SMILES string of the molecule is CC(C)(C)OC(=O)N1CCC(N2C(=C=O)N(c3ccc(Oc4ccccc4)cc3)c3c(N)ncnc32)CC1. The minimum absolute atomic E-state index is 0.0936. The van der Waals surface area contributed by atoms with Gasteiger partial charge in [-0.3, -0.25) is 9.80 Å². The Morgan fingerprint density at radius 3 is 2.29 bits per heavy atom. The van der Waals surface area contributed by atoms with Crippen molar-refractivity contribution < 1.29 is 19.1 Å². The Balaban J connectivity index is 1.40. The molecule has 10 nitrogen and oxygen atoms in total. The van der Waals surface area contributed by atoms with E-state index in [1.54, 1.807) is 9.80 Å². The monoisotopic (exact) mass is 514 g/mol. The molecule has 0 spiro atoms. The fourth-order valence-electron chi connectivity index (χ4n) is 4.70. The van der Waals surface area contributed by atoms with Gasteiger partial charge >= 0.3 is 6.09 Å². The Kier molecular flexibility index (Phi) is 6.65. The van der Waals surface area contributed by atoms with E-state index >= 15 is 0 Å². The van der Waals surface area contributed by atoms with Crippen LogP contribution in [0.25, 0.3) is 0 Å². The Labute approximate surface area is 221 Å². The van der Waals surface area contributed by atoms with Gasteiger partial charge in [0.05, 0.1) is 0 Å². The number of hydrogen-bond acceptors (Lipinski definition) is 9. The Morgan fingerprint density at radius 1 is 1.00 bits per heavy atom. The fraction of sp³-hybridized carbons (Fsp3) is 0.321. The summed E-state index contributed by atoms with van der Waals surface area (Å²) in [5.41, 5.74) is 6.96. The molecule has 196 valence electrons. The van der Waals surface area contributed by atoms with E-state index in [0.717, 1.165) is 5.75 Å². The fourth-order valence-corrected chi connectivity index (χ4v) is 4.70. The Hall–Kier alpha value is -4.56. The zero-order valence-corrected chi connectivity index (χ0v) is 21.6. The van der Waals surface area contributed by atoms with Crippen molar-refractivity contribution in [3.63, 3.8) is 0 Å². The Morgan fingerprint density at radius 2 is 1.66 bits per heavy atom. The lowest BCUT2D eigenvalue weighted by Crippen LogP contribution is -2.48. The third kappa shape index (κ3) is 4.99. The first-order valence-electron chi connectivity index (χ1n) is 12.5. The van der Waals surface area contributed by atoms with Crippen molar-refractivity contribution in [3.05, 3.63) is 66.7 Å². The van der Waals surface area contributed by atoms with Crippen LogP contribution < -0.4 is 20.3 Å². The number of para-hydroxylation sites is 1. The highest BCUT2D eigenvalue weighted by Gasteiger charge is 2.42. The molecule has 10 heteroatoms. The molecule has 2 aliphatic rings. The van der Waals surface area contributed by atoms with E-state index in [0.29, 0.717) is 48.9 Å². The number of carbonyl (C=O) groups is 1. The van der Waals surface area contributed by atoms with Crippen molar-refractivity contribution in [1.29, 1.82) is 0 Å². The number of ether oxygens (including phenoxy) is 2. The second kappa shape index (κ2) is 10.1. The van der Waals surface area contributed by atoms with Gasteiger partial charge in [0, 0.05) is 24.8 Å². The van der Waals surface area contributed by atoms with Gasteiger partial charge in [0.25, 0.3) is 0 Å². The molecule has 1 aromatic heterocycles. The lowest BCUT2D eigenvalue weighted by atomic mass is 10.0. The number of likely N-dealkylation sites (tertiary alicyclic amines) is 1. The molecule has 3 aromatic rings. The van der Waals surface area contributed by atoms with Crippen molar-refractivity contribution in [1.82, 2.24) is 14.9 Å². The molecule has 0 unspecified atom stereocenters. The standard InChI is InChI=1S/C28H30N6O4/c1-28(2,3)38-27(36)32-15-13-20(14-16-32)34-23(17-35)33(24-25(29)30-18-31-26(24)34)19-9-11-22(12-10-19)37-21-7-5-4-6-8-21/h4-12,18,20H,13-16H2,1-3H3,(H2,29,30,31). The molecule has 0 radical (unpaired) electrons. The summed E-state index contributed by atoms with van der Waals surface area (Å²) < 4.78 is 11.4. The molecule has 0 bridgehead atoms. The van der Waals surface area contributed by atoms with Gasteiger partial charge in [-0.05, 0) is 70.0 Å². The van der Waals surface area contributed by atoms with E-state index in [-0.39, 0.29) is 23.8 Å². The van der Waals surface area contributed by atoms with Gasteiger partial charge in [-0.15, -0.1) is 0 Å². The number of nitrogen functional groups attached to an aromatic ring is 1. The minimum Gasteiger partial charge on any atom is -0.457 e. The number of fused-ring (bicyclic) bond motifs is 1. The molecule has 2 N–H and O–H groups in total. The molecular formula is C28H30N6O4. The molecule has 2 aliphatic heterocycles. The summed E-state index contributed by atoms with van der Waals surface area (Å²) in [6.45, 7) is 6.52. The van der Waals surface area contributed by atoms with Crippen molar-refractivity contribution in [2.75, 3.05) is 28.6 Å². The van der Waals surface area contributed by atoms with Crippen LogP contribution in [0.2, 0.25) is 0 Å². The number of aromatic nitrogens is 2. The van der Waals surface area contributed by atoms with E-state index in [2.05, 4.69) is 15.9 Å². The molecular weight excluding hydrogens is 484 g/mol. The first-order valence-corrected chi connectivity index (χ1v) is 12.5. The van der Waals surface area contributed by atoms with Crippen molar-refractivity contribution in [2.24, 2.45) is 0 Å². The summed E-state index contributed by atoms with van der Waals surface area (Å²) in [6, 6.07) is 16.7. The molecule has 1 amide bonds. The van der Waals surface area contributed by atoms with E-state index in [4.69, 9.17) is 15.2 Å². The molecule has 1 saturated heterocycles. The van der Waals surface area contributed by atoms with Crippen LogP contribution in [-0.4, -0.2) is 51.6 Å². The zero-order chi connectivity index (χ0) is 26.9. The van der Waals surface area contributed by atoms with Gasteiger partial charge in [0.1, 0.15) is 29.1 Å². The van der Waals surface area contributed by atoms with Crippen LogP contribution >= 0.6 is 0 Å². The average Bonchev–Trinajstić information content (AvgIpc) is 3.24. The number of rotatable bonds is 4. The summed E-state index contributed by atoms with van der Waals surface area (Å²) in [5, 5.41) is 0. The molecule has 0 saturated carbocycles. The number of anilines is 4. The highest BCUT2D eigenvalue weighted by atomic mass is 16.6. The number of hydrogen-bond donors (Lipinski definition) is 1. The van der Waals surface area contributed by atoms with E-state index in [9.17, 15) is 9.59 Å². The molecule has 38 heavy (non-hydrogen) atoms. The predicted molar refractivity (Wildman–Crippen MR) is 144 cm³/mol. The van der Waals surface area contributed by atoms with E-state index in [1.807, 2.05) is 80.3 Å². The van der Waals surface area contributed by atoms with Crippen LogP contribution in [0.4, 0.5) is 27.8 Å². The van der Waals surface area contributed by atoms with Gasteiger partial charge in [-0.25, -0.2) is 19.6 Å². The topological polar surface area (TPSA) is 114 Å². The summed E-state index contributed by atoms with van der Waals surface area (Å²) in [7, 11) is 0. The van der Waals surface area contributed by atoms with Crippen LogP contribution in [0.1, 0.15) is 33.6 Å². The molecule has 3 heterocycles. The largest absolute Gasteiger partial charge is 0.457 e. The number of nitrogens with zero attached hydrogens (tertiary/aromatic N) is 5. The maximum Gasteiger partial charge on any atom is 0.410 e. The average molecular weight is 515 g/mol. The van der Waals surface area contributed by atoms with Gasteiger partial charge in [0.15, 0.2) is 17.6 Å². The molecule has 0 atom stereocenters. The third-order valence-electron chi connectivity index (χ3n) is 6.37. The van der Waals surface area contributed by atoms with E-state index in [1.165, 1.54) is 6.33 Å². The Bertz CT molecular complexity index is 1360. The maximum atomic E-state index is 12.6. The van der Waals surface area contributed by atoms with Gasteiger partial charge in [0.2, 0.25) is 5.82 Å². The predicted octanol–water partition coefficient (Wildman–Crippen LogP) is 4.88. The maximum absolute atomic E-state index is 12.6. The second-order valence-corrected chi connectivity index (χ2v) is 10.2. The summed E-state index contributed by atoms with van der Waals surface area (Å²) in [4.78, 5) is 38.9. The summed E-state index contributed by atoms with van der Waals surface area (Å²) >= 11 is 0. The summed E-state index contributed by atoms with van der Waals surface area (Å²) in [5.74, 6) is 4.56. The molecule has 1 fully saturated rings. The van der Waals surface area contributed by atoms with Crippen LogP contribution in [0.5, 0.6) is 11.5 Å². The number of nitrogens with two attached hydrogens (primary N) is 1. The first-order chi connectivity index (χ1) is 18.2. The number of carbonyl (C=O) groups excluding carboxylic acids is 2. The number of amides is 1. The van der Waals surface area contributed by atoms with Gasteiger partial charge < -0.3 is 20.1 Å². The lowest BCUT2D eigenvalue weighted by Gasteiger charge is -2.37. The second-order valence-electron chi connectivity index (χ2n) is 10.2. The molecule has 2 aromatic carbocycles.